The third-order valence-corrected chi connectivity index (χ3v) is 4.03. The number of nitro benzene ring substituents is 1. The number of benzene rings is 2. The quantitative estimate of drug-likeness (QED) is 0.659. The normalized spacial score (nSPS) is 13.0. The van der Waals surface area contributed by atoms with Gasteiger partial charge >= 0.3 is 0 Å². The van der Waals surface area contributed by atoms with Crippen molar-refractivity contribution in [3.63, 3.8) is 0 Å². The standard InChI is InChI=1S/C16H12ClN3O4/c17-14-4-3-11(20(23)24)8-13(14)16(22)19-10-2-1-9-5-6-18-15(21)12(9)7-10/h1-4,7-8H,5-6H2,(H,18,21)(H,19,22). The predicted octanol–water partition coefficient (Wildman–Crippen LogP) is 2.79. The Bertz CT molecular complexity index is 866. The second-order valence-electron chi connectivity index (χ2n) is 5.25. The van der Waals surface area contributed by atoms with Crippen LogP contribution in [0.2, 0.25) is 5.02 Å². The van der Waals surface area contributed by atoms with E-state index in [9.17, 15) is 19.7 Å². The van der Waals surface area contributed by atoms with Crippen molar-refractivity contribution in [2.45, 2.75) is 6.42 Å². The second-order valence-corrected chi connectivity index (χ2v) is 5.66. The average Bonchev–Trinajstić information content (AvgIpc) is 2.55. The lowest BCUT2D eigenvalue weighted by atomic mass is 10.00. The first-order valence-electron chi connectivity index (χ1n) is 7.12. The first-order valence-corrected chi connectivity index (χ1v) is 7.50. The number of fused-ring (bicyclic) bond motifs is 1. The van der Waals surface area contributed by atoms with Gasteiger partial charge in [-0.25, -0.2) is 0 Å². The van der Waals surface area contributed by atoms with E-state index in [-0.39, 0.29) is 22.2 Å². The summed E-state index contributed by atoms with van der Waals surface area (Å²) in [6.45, 7) is 0.584. The number of hydrogen-bond donors (Lipinski definition) is 2. The first-order chi connectivity index (χ1) is 11.5. The third-order valence-electron chi connectivity index (χ3n) is 3.70. The largest absolute Gasteiger partial charge is 0.352 e. The Balaban J connectivity index is 1.88. The van der Waals surface area contributed by atoms with Crippen molar-refractivity contribution in [3.05, 3.63) is 68.2 Å². The minimum atomic E-state index is -0.601. The minimum absolute atomic E-state index is 0.00645. The molecule has 0 bridgehead atoms. The molecule has 1 heterocycles. The summed E-state index contributed by atoms with van der Waals surface area (Å²) in [7, 11) is 0. The van der Waals surface area contributed by atoms with Crippen LogP contribution in [0.4, 0.5) is 11.4 Å². The van der Waals surface area contributed by atoms with Crippen LogP contribution in [0.15, 0.2) is 36.4 Å². The van der Waals surface area contributed by atoms with E-state index in [1.165, 1.54) is 12.1 Å². The van der Waals surface area contributed by atoms with E-state index < -0.39 is 10.8 Å². The first kappa shape index (κ1) is 15.9. The van der Waals surface area contributed by atoms with Crippen LogP contribution in [-0.2, 0) is 6.42 Å². The lowest BCUT2D eigenvalue weighted by Gasteiger charge is -2.17. The second kappa shape index (κ2) is 6.29. The summed E-state index contributed by atoms with van der Waals surface area (Å²) >= 11 is 5.95. The number of nitro groups is 1. The van der Waals surface area contributed by atoms with Crippen molar-refractivity contribution in [1.82, 2.24) is 5.32 Å². The monoisotopic (exact) mass is 345 g/mol. The van der Waals surface area contributed by atoms with Gasteiger partial charge in [0.05, 0.1) is 15.5 Å². The van der Waals surface area contributed by atoms with Crippen molar-refractivity contribution >= 4 is 34.8 Å². The fraction of sp³-hybridized carbons (Fsp3) is 0.125. The van der Waals surface area contributed by atoms with Gasteiger partial charge in [-0.05, 0) is 30.2 Å². The Hall–Kier alpha value is -2.93. The Morgan fingerprint density at radius 1 is 1.25 bits per heavy atom. The van der Waals surface area contributed by atoms with Crippen LogP contribution in [-0.4, -0.2) is 23.3 Å². The summed E-state index contributed by atoms with van der Waals surface area (Å²) in [6, 6.07) is 8.67. The van der Waals surface area contributed by atoms with Crippen LogP contribution in [0.1, 0.15) is 26.3 Å². The average molecular weight is 346 g/mol. The molecule has 2 amide bonds. The number of nitrogens with one attached hydrogen (secondary N) is 2. The molecule has 122 valence electrons. The Morgan fingerprint density at radius 3 is 2.79 bits per heavy atom. The van der Waals surface area contributed by atoms with Crippen LogP contribution in [0.3, 0.4) is 0 Å². The van der Waals surface area contributed by atoms with Gasteiger partial charge in [0.25, 0.3) is 17.5 Å². The highest BCUT2D eigenvalue weighted by molar-refractivity contribution is 6.34. The number of nitrogens with zero attached hydrogens (tertiary/aromatic N) is 1. The van der Waals surface area contributed by atoms with Gasteiger partial charge < -0.3 is 10.6 Å². The number of hydrogen-bond acceptors (Lipinski definition) is 4. The molecular weight excluding hydrogens is 334 g/mol. The Labute approximate surface area is 141 Å². The summed E-state index contributed by atoms with van der Waals surface area (Å²) in [5.74, 6) is -0.777. The number of rotatable bonds is 3. The van der Waals surface area contributed by atoms with Gasteiger partial charge in [0.15, 0.2) is 0 Å². The molecule has 8 heteroatoms. The topological polar surface area (TPSA) is 101 Å². The minimum Gasteiger partial charge on any atom is -0.352 e. The Kier molecular flexibility index (Phi) is 4.18. The fourth-order valence-corrected chi connectivity index (χ4v) is 2.69. The maximum Gasteiger partial charge on any atom is 0.270 e. The van der Waals surface area contributed by atoms with Crippen molar-refractivity contribution < 1.29 is 14.5 Å². The van der Waals surface area contributed by atoms with E-state index in [1.807, 2.05) is 0 Å². The van der Waals surface area contributed by atoms with Crippen molar-refractivity contribution in [3.8, 4) is 0 Å². The highest BCUT2D eigenvalue weighted by Crippen LogP contribution is 2.24. The zero-order valence-electron chi connectivity index (χ0n) is 12.3. The molecule has 0 fully saturated rings. The van der Waals surface area contributed by atoms with Crippen molar-refractivity contribution in [2.24, 2.45) is 0 Å². The Morgan fingerprint density at radius 2 is 2.04 bits per heavy atom. The van der Waals surface area contributed by atoms with Crippen LogP contribution in [0.5, 0.6) is 0 Å². The number of amides is 2. The number of carbonyl (C=O) groups is 2. The number of anilines is 1. The van der Waals surface area contributed by atoms with Gasteiger partial charge in [0, 0.05) is 29.9 Å². The summed E-state index contributed by atoms with van der Waals surface area (Å²) in [5, 5.41) is 16.3. The molecule has 2 aromatic carbocycles. The summed E-state index contributed by atoms with van der Waals surface area (Å²) in [6.07, 6.45) is 0.728. The van der Waals surface area contributed by atoms with E-state index in [1.54, 1.807) is 18.2 Å². The maximum atomic E-state index is 12.3. The lowest BCUT2D eigenvalue weighted by Crippen LogP contribution is -2.31. The number of carbonyl (C=O) groups excluding carboxylic acids is 2. The molecule has 0 saturated carbocycles. The molecule has 1 aliphatic rings. The molecule has 0 saturated heterocycles. The van der Waals surface area contributed by atoms with E-state index in [2.05, 4.69) is 10.6 Å². The third kappa shape index (κ3) is 3.07. The van der Waals surface area contributed by atoms with Crippen molar-refractivity contribution in [1.29, 1.82) is 0 Å². The van der Waals surface area contributed by atoms with E-state index in [0.717, 1.165) is 18.1 Å². The summed E-state index contributed by atoms with van der Waals surface area (Å²) in [5.41, 5.74) is 1.59. The van der Waals surface area contributed by atoms with Gasteiger partial charge in [-0.2, -0.15) is 0 Å². The van der Waals surface area contributed by atoms with Crippen molar-refractivity contribution in [2.75, 3.05) is 11.9 Å². The van der Waals surface area contributed by atoms with Crippen LogP contribution < -0.4 is 10.6 Å². The van der Waals surface area contributed by atoms with Gasteiger partial charge in [0.2, 0.25) is 0 Å². The summed E-state index contributed by atoms with van der Waals surface area (Å²) in [4.78, 5) is 34.4. The lowest BCUT2D eigenvalue weighted by molar-refractivity contribution is -0.384. The zero-order valence-corrected chi connectivity index (χ0v) is 13.1. The number of non-ortho nitro benzene ring substituents is 1. The maximum absolute atomic E-state index is 12.3. The fourth-order valence-electron chi connectivity index (χ4n) is 2.49. The molecule has 7 nitrogen and oxygen atoms in total. The van der Waals surface area contributed by atoms with Gasteiger partial charge in [-0.15, -0.1) is 0 Å². The zero-order chi connectivity index (χ0) is 17.3. The molecule has 0 spiro atoms. The van der Waals surface area contributed by atoms with Gasteiger partial charge in [-0.3, -0.25) is 19.7 Å². The molecule has 2 N–H and O–H groups in total. The summed E-state index contributed by atoms with van der Waals surface area (Å²) < 4.78 is 0. The highest BCUT2D eigenvalue weighted by atomic mass is 35.5. The van der Waals surface area contributed by atoms with Gasteiger partial charge in [-0.1, -0.05) is 17.7 Å². The molecule has 1 aliphatic heterocycles. The molecule has 0 aliphatic carbocycles. The molecule has 0 radical (unpaired) electrons. The molecule has 2 aromatic rings. The SMILES string of the molecule is O=C(Nc1ccc2c(c1)C(=O)NCC2)c1cc([N+](=O)[O-])ccc1Cl. The van der Waals surface area contributed by atoms with Crippen LogP contribution in [0.25, 0.3) is 0 Å². The molecular formula is C16H12ClN3O4. The highest BCUT2D eigenvalue weighted by Gasteiger charge is 2.19. The molecule has 24 heavy (non-hydrogen) atoms. The predicted molar refractivity (Wildman–Crippen MR) is 88.5 cm³/mol. The molecule has 3 rings (SSSR count). The van der Waals surface area contributed by atoms with Gasteiger partial charge in [0.1, 0.15) is 0 Å². The molecule has 0 aromatic heterocycles. The smallest absolute Gasteiger partial charge is 0.270 e. The number of halogens is 1. The van der Waals surface area contributed by atoms with E-state index >= 15 is 0 Å². The van der Waals surface area contributed by atoms with E-state index in [0.29, 0.717) is 17.8 Å². The van der Waals surface area contributed by atoms with Crippen LogP contribution >= 0.6 is 11.6 Å². The van der Waals surface area contributed by atoms with E-state index in [4.69, 9.17) is 11.6 Å². The molecule has 0 unspecified atom stereocenters. The van der Waals surface area contributed by atoms with Crippen LogP contribution in [0, 0.1) is 10.1 Å². The molecule has 0 atom stereocenters.